The van der Waals surface area contributed by atoms with Crippen LogP contribution in [-0.4, -0.2) is 48.3 Å². The highest BCUT2D eigenvalue weighted by Crippen LogP contribution is 2.33. The SMILES string of the molecule is CCC(C)(C)C(=O)OCC(=O)OC(C)(C)C(C)(C)C.CCC(C)(C)C(=O)OCC(=O)OC(C)(C)C(C)C. The summed E-state index contributed by atoms with van der Waals surface area (Å²) in [5.41, 5.74) is -2.48. The quantitative estimate of drug-likeness (QED) is 0.227. The van der Waals surface area contributed by atoms with Crippen molar-refractivity contribution in [1.29, 1.82) is 0 Å². The summed E-state index contributed by atoms with van der Waals surface area (Å²) in [5.74, 6) is -1.57. The molecule has 0 aliphatic rings. The number of carbonyl (C=O) groups is 4. The average Bonchev–Trinajstić information content (AvgIpc) is 2.74. The van der Waals surface area contributed by atoms with Crippen molar-refractivity contribution in [3.05, 3.63) is 0 Å². The fourth-order valence-electron chi connectivity index (χ4n) is 1.84. The number of hydrogen-bond acceptors (Lipinski definition) is 8. The molecule has 0 N–H and O–H groups in total. The summed E-state index contributed by atoms with van der Waals surface area (Å²) >= 11 is 0. The van der Waals surface area contributed by atoms with Gasteiger partial charge in [0.25, 0.3) is 0 Å². The zero-order valence-electron chi connectivity index (χ0n) is 26.2. The van der Waals surface area contributed by atoms with Crippen LogP contribution < -0.4 is 0 Å². The van der Waals surface area contributed by atoms with E-state index in [4.69, 9.17) is 18.9 Å². The van der Waals surface area contributed by atoms with Gasteiger partial charge in [0.1, 0.15) is 11.2 Å². The summed E-state index contributed by atoms with van der Waals surface area (Å²) in [7, 11) is 0. The molecule has 0 saturated heterocycles. The summed E-state index contributed by atoms with van der Waals surface area (Å²) < 4.78 is 20.6. The first kappa shape index (κ1) is 37.0. The Bertz CT molecular complexity index is 767. The third-order valence-corrected chi connectivity index (χ3v) is 7.46. The predicted molar refractivity (Wildman–Crippen MR) is 145 cm³/mol. The molecule has 0 rings (SSSR count). The minimum absolute atomic E-state index is 0.185. The van der Waals surface area contributed by atoms with Gasteiger partial charge in [0.15, 0.2) is 13.2 Å². The molecule has 8 heteroatoms. The van der Waals surface area contributed by atoms with E-state index in [0.717, 1.165) is 0 Å². The van der Waals surface area contributed by atoms with E-state index in [2.05, 4.69) is 0 Å². The van der Waals surface area contributed by atoms with E-state index in [-0.39, 0.29) is 36.5 Å². The molecule has 0 saturated carbocycles. The highest BCUT2D eigenvalue weighted by Gasteiger charge is 2.37. The zero-order chi connectivity index (χ0) is 30.0. The van der Waals surface area contributed by atoms with E-state index in [0.29, 0.717) is 12.8 Å². The molecule has 0 aliphatic heterocycles. The van der Waals surface area contributed by atoms with E-state index in [1.165, 1.54) is 0 Å². The molecule has 0 amide bonds. The molecule has 0 spiro atoms. The maximum atomic E-state index is 11.7. The van der Waals surface area contributed by atoms with Crippen LogP contribution in [0.3, 0.4) is 0 Å². The van der Waals surface area contributed by atoms with E-state index in [9.17, 15) is 19.2 Å². The van der Waals surface area contributed by atoms with Crippen molar-refractivity contribution in [2.24, 2.45) is 22.2 Å². The molecule has 0 radical (unpaired) electrons. The monoisotopic (exact) mass is 530 g/mol. The van der Waals surface area contributed by atoms with Crippen molar-refractivity contribution in [3.8, 4) is 0 Å². The van der Waals surface area contributed by atoms with E-state index in [1.807, 2.05) is 76.2 Å². The lowest BCUT2D eigenvalue weighted by Crippen LogP contribution is -2.42. The van der Waals surface area contributed by atoms with Crippen molar-refractivity contribution in [3.63, 3.8) is 0 Å². The second-order valence-corrected chi connectivity index (χ2v) is 13.1. The Morgan fingerprint density at radius 3 is 1.19 bits per heavy atom. The Kier molecular flexibility index (Phi) is 14.2. The van der Waals surface area contributed by atoms with Gasteiger partial charge < -0.3 is 18.9 Å². The Labute approximate surface area is 225 Å². The van der Waals surface area contributed by atoms with Crippen LogP contribution in [0.4, 0.5) is 0 Å². The molecule has 0 aliphatic carbocycles. The lowest BCUT2D eigenvalue weighted by molar-refractivity contribution is -0.178. The third kappa shape index (κ3) is 13.3. The van der Waals surface area contributed by atoms with E-state index < -0.39 is 34.0 Å². The molecule has 0 bridgehead atoms. The fourth-order valence-corrected chi connectivity index (χ4v) is 1.84. The van der Waals surface area contributed by atoms with Crippen LogP contribution in [0, 0.1) is 22.2 Å². The molecule has 0 atom stereocenters. The van der Waals surface area contributed by atoms with Gasteiger partial charge in [-0.3, -0.25) is 9.59 Å². The summed E-state index contributed by atoms with van der Waals surface area (Å²) in [4.78, 5) is 46.7. The van der Waals surface area contributed by atoms with Crippen LogP contribution in [0.2, 0.25) is 0 Å². The van der Waals surface area contributed by atoms with E-state index >= 15 is 0 Å². The van der Waals surface area contributed by atoms with E-state index in [1.54, 1.807) is 27.7 Å². The fraction of sp³-hybridized carbons (Fsp3) is 0.862. The molecule has 37 heavy (non-hydrogen) atoms. The van der Waals surface area contributed by atoms with Crippen LogP contribution in [0.1, 0.15) is 117 Å². The molecule has 8 nitrogen and oxygen atoms in total. The second-order valence-electron chi connectivity index (χ2n) is 13.1. The molecule has 0 aromatic rings. The first-order valence-corrected chi connectivity index (χ1v) is 13.1. The van der Waals surface area contributed by atoms with Gasteiger partial charge in [-0.2, -0.15) is 0 Å². The second kappa shape index (κ2) is 14.1. The van der Waals surface area contributed by atoms with Gasteiger partial charge in [-0.1, -0.05) is 48.5 Å². The van der Waals surface area contributed by atoms with Crippen LogP contribution in [0.5, 0.6) is 0 Å². The first-order chi connectivity index (χ1) is 16.4. The minimum Gasteiger partial charge on any atom is -0.457 e. The molecule has 0 heterocycles. The largest absolute Gasteiger partial charge is 0.457 e. The minimum atomic E-state index is -0.614. The van der Waals surface area contributed by atoms with Crippen LogP contribution in [-0.2, 0) is 38.1 Å². The molecule has 0 unspecified atom stereocenters. The average molecular weight is 531 g/mol. The molecule has 0 aromatic carbocycles. The molecule has 0 fully saturated rings. The van der Waals surface area contributed by atoms with Crippen molar-refractivity contribution in [2.75, 3.05) is 13.2 Å². The summed E-state index contributed by atoms with van der Waals surface area (Å²) in [5, 5.41) is 0. The van der Waals surface area contributed by atoms with Gasteiger partial charge in [-0.25, -0.2) is 9.59 Å². The van der Waals surface area contributed by atoms with Gasteiger partial charge in [0.2, 0.25) is 0 Å². The number of rotatable bonds is 11. The number of ether oxygens (including phenoxy) is 4. The normalized spacial score (nSPS) is 12.8. The van der Waals surface area contributed by atoms with Crippen LogP contribution >= 0.6 is 0 Å². The Morgan fingerprint density at radius 2 is 0.919 bits per heavy atom. The first-order valence-electron chi connectivity index (χ1n) is 13.1. The van der Waals surface area contributed by atoms with Crippen LogP contribution in [0.15, 0.2) is 0 Å². The summed E-state index contributed by atoms with van der Waals surface area (Å²) in [6.07, 6.45) is 1.33. The molecular weight excluding hydrogens is 476 g/mol. The number of carbonyl (C=O) groups excluding carboxylic acids is 4. The molecule has 0 aromatic heterocycles. The van der Waals surface area contributed by atoms with Gasteiger partial charge in [-0.15, -0.1) is 0 Å². The third-order valence-electron chi connectivity index (χ3n) is 7.46. The maximum absolute atomic E-state index is 11.7. The predicted octanol–water partition coefficient (Wildman–Crippen LogP) is 6.28. The smallest absolute Gasteiger partial charge is 0.344 e. The Morgan fingerprint density at radius 1 is 0.595 bits per heavy atom. The summed E-state index contributed by atoms with van der Waals surface area (Å²) in [6, 6.07) is 0. The lowest BCUT2D eigenvalue weighted by atomic mass is 9.79. The van der Waals surface area contributed by atoms with Gasteiger partial charge >= 0.3 is 23.9 Å². The Hall–Kier alpha value is -2.12. The van der Waals surface area contributed by atoms with Crippen molar-refractivity contribution >= 4 is 23.9 Å². The topological polar surface area (TPSA) is 105 Å². The molecule has 218 valence electrons. The van der Waals surface area contributed by atoms with Gasteiger partial charge in [0, 0.05) is 5.41 Å². The lowest BCUT2D eigenvalue weighted by Gasteiger charge is -2.37. The summed E-state index contributed by atoms with van der Waals surface area (Å²) in [6.45, 7) is 27.6. The van der Waals surface area contributed by atoms with Crippen molar-refractivity contribution in [2.45, 2.75) is 128 Å². The zero-order valence-corrected chi connectivity index (χ0v) is 26.2. The van der Waals surface area contributed by atoms with Gasteiger partial charge in [-0.05, 0) is 74.1 Å². The van der Waals surface area contributed by atoms with Gasteiger partial charge in [0.05, 0.1) is 10.8 Å². The number of esters is 4. The molecular formula is C29H54O8. The highest BCUT2D eigenvalue weighted by molar-refractivity contribution is 5.80. The maximum Gasteiger partial charge on any atom is 0.344 e. The van der Waals surface area contributed by atoms with Crippen molar-refractivity contribution in [1.82, 2.24) is 0 Å². The standard InChI is InChI=1S/C15H28O4.C14H26O4/c1-9-14(5,6)12(17)18-10-11(16)19-15(7,8)13(2,3)4;1-8-13(4,5)12(16)17-9-11(15)18-14(6,7)10(2)3/h9-10H2,1-8H3;10H,8-9H2,1-7H3. The Balaban J connectivity index is 0. The number of hydrogen-bond donors (Lipinski definition) is 0. The van der Waals surface area contributed by atoms with Crippen LogP contribution in [0.25, 0.3) is 0 Å². The highest BCUT2D eigenvalue weighted by atomic mass is 16.6. The van der Waals surface area contributed by atoms with Crippen molar-refractivity contribution < 1.29 is 38.1 Å².